The van der Waals surface area contributed by atoms with Crippen LogP contribution in [-0.2, 0) is 17.7 Å². The molecule has 0 unspecified atom stereocenters. The molecule has 2 aliphatic heterocycles. The molecule has 0 aliphatic carbocycles. The van der Waals surface area contributed by atoms with Crippen LogP contribution in [-0.4, -0.2) is 31.8 Å². The highest BCUT2D eigenvalue weighted by molar-refractivity contribution is 6.31. The summed E-state index contributed by atoms with van der Waals surface area (Å²) in [7, 11) is 0. The van der Waals surface area contributed by atoms with Crippen LogP contribution in [0.25, 0.3) is 16.9 Å². The molecule has 0 saturated heterocycles. The molecule has 0 bridgehead atoms. The van der Waals surface area contributed by atoms with E-state index in [0.717, 1.165) is 46.0 Å². The van der Waals surface area contributed by atoms with Crippen LogP contribution in [0.5, 0.6) is 0 Å². The Kier molecular flexibility index (Phi) is 4.21. The fourth-order valence-corrected chi connectivity index (χ4v) is 4.52. The summed E-state index contributed by atoms with van der Waals surface area (Å²) in [5, 5.41) is 5.50. The van der Waals surface area contributed by atoms with Crippen LogP contribution in [0.2, 0.25) is 5.02 Å². The predicted molar refractivity (Wildman–Crippen MR) is 120 cm³/mol. The molecular weight excluding hydrogens is 410 g/mol. The van der Waals surface area contributed by atoms with Crippen LogP contribution >= 0.6 is 11.6 Å². The maximum atomic E-state index is 6.35. The Morgan fingerprint density at radius 1 is 1.13 bits per heavy atom. The molecule has 31 heavy (non-hydrogen) atoms. The molecule has 2 aliphatic rings. The second kappa shape index (κ2) is 7.10. The molecule has 4 heterocycles. The highest BCUT2D eigenvalue weighted by atomic mass is 35.5. The van der Waals surface area contributed by atoms with Crippen LogP contribution in [0.3, 0.4) is 0 Å². The highest BCUT2D eigenvalue weighted by Gasteiger charge is 2.30. The van der Waals surface area contributed by atoms with E-state index < -0.39 is 0 Å². The van der Waals surface area contributed by atoms with Crippen molar-refractivity contribution in [3.05, 3.63) is 88.6 Å². The molecular formula is C24H20ClN5O. The molecule has 6 nitrogen and oxygen atoms in total. The van der Waals surface area contributed by atoms with E-state index >= 15 is 0 Å². The van der Waals surface area contributed by atoms with E-state index in [1.807, 2.05) is 47.4 Å². The standard InChI is InChI=1S/C24H20ClN5O/c1-2-29-12-16-10-21-23(24-27-19(13-31-24)15-6-4-3-5-7-15)26-14-30(21)20-9-8-17(25)11-18(20)22(16)28-29/h3-9,11-12,14,19H,2,10,13H2,1H3/t19-/m0/s1. The fourth-order valence-electron chi connectivity index (χ4n) is 4.35. The van der Waals surface area contributed by atoms with Gasteiger partial charge in [0.05, 0.1) is 17.1 Å². The number of nitrogens with zero attached hydrogens (tertiary/aromatic N) is 5. The van der Waals surface area contributed by atoms with E-state index in [-0.39, 0.29) is 6.04 Å². The molecule has 0 radical (unpaired) electrons. The number of aliphatic imine (C=N–C) groups is 1. The van der Waals surface area contributed by atoms with Crippen LogP contribution in [0, 0.1) is 0 Å². The van der Waals surface area contributed by atoms with Gasteiger partial charge in [-0.05, 0) is 30.7 Å². The van der Waals surface area contributed by atoms with Gasteiger partial charge in [0.15, 0.2) is 0 Å². The molecule has 0 saturated carbocycles. The third-order valence-electron chi connectivity index (χ3n) is 5.90. The first-order valence-corrected chi connectivity index (χ1v) is 10.8. The monoisotopic (exact) mass is 429 g/mol. The molecule has 0 fully saturated rings. The minimum Gasteiger partial charge on any atom is -0.474 e. The van der Waals surface area contributed by atoms with Crippen molar-refractivity contribution in [2.75, 3.05) is 6.61 Å². The van der Waals surface area contributed by atoms with E-state index in [2.05, 4.69) is 29.8 Å². The van der Waals surface area contributed by atoms with E-state index in [4.69, 9.17) is 31.4 Å². The molecule has 7 heteroatoms. The smallest absolute Gasteiger partial charge is 0.238 e. The Morgan fingerprint density at radius 2 is 2.00 bits per heavy atom. The van der Waals surface area contributed by atoms with Crippen molar-refractivity contribution in [2.45, 2.75) is 25.9 Å². The zero-order valence-electron chi connectivity index (χ0n) is 17.0. The Bertz CT molecular complexity index is 1320. The molecule has 0 amide bonds. The normalized spacial score (nSPS) is 16.7. The summed E-state index contributed by atoms with van der Waals surface area (Å²) >= 11 is 6.35. The van der Waals surface area contributed by atoms with Gasteiger partial charge in [-0.2, -0.15) is 5.10 Å². The van der Waals surface area contributed by atoms with Gasteiger partial charge in [-0.3, -0.25) is 4.68 Å². The number of hydrogen-bond acceptors (Lipinski definition) is 4. The second-order valence-corrected chi connectivity index (χ2v) is 8.21. The number of rotatable bonds is 3. The first-order chi connectivity index (χ1) is 15.2. The van der Waals surface area contributed by atoms with E-state index in [1.165, 1.54) is 0 Å². The number of imidazole rings is 1. The molecule has 0 spiro atoms. The van der Waals surface area contributed by atoms with Crippen molar-refractivity contribution in [1.82, 2.24) is 19.3 Å². The van der Waals surface area contributed by atoms with E-state index in [0.29, 0.717) is 23.9 Å². The Balaban J connectivity index is 1.49. The Hall–Kier alpha value is -3.38. The quantitative estimate of drug-likeness (QED) is 0.412. The number of benzene rings is 2. The third-order valence-corrected chi connectivity index (χ3v) is 6.13. The minimum absolute atomic E-state index is 0.0103. The van der Waals surface area contributed by atoms with E-state index in [9.17, 15) is 0 Å². The lowest BCUT2D eigenvalue weighted by atomic mass is 10.0. The lowest BCUT2D eigenvalue weighted by Crippen LogP contribution is -2.08. The minimum atomic E-state index is -0.0103. The zero-order valence-corrected chi connectivity index (χ0v) is 17.8. The lowest BCUT2D eigenvalue weighted by Gasteiger charge is -2.10. The van der Waals surface area contributed by atoms with Crippen molar-refractivity contribution in [1.29, 1.82) is 0 Å². The SMILES string of the molecule is CCn1cc2c(n1)-c1cc(Cl)ccc1-n1cnc(C3=N[C@H](c4ccccc4)CO3)c1C2. The van der Waals surface area contributed by atoms with Gasteiger partial charge < -0.3 is 9.30 Å². The molecule has 2 aromatic carbocycles. The van der Waals surface area contributed by atoms with E-state index in [1.54, 1.807) is 0 Å². The van der Waals surface area contributed by atoms with Crippen LogP contribution in [0.4, 0.5) is 0 Å². The van der Waals surface area contributed by atoms with Crippen molar-refractivity contribution >= 4 is 17.5 Å². The summed E-state index contributed by atoms with van der Waals surface area (Å²) in [5.41, 5.74) is 7.11. The van der Waals surface area contributed by atoms with Crippen molar-refractivity contribution in [3.8, 4) is 16.9 Å². The summed E-state index contributed by atoms with van der Waals surface area (Å²) in [5.74, 6) is 0.601. The molecule has 1 atom stereocenters. The lowest BCUT2D eigenvalue weighted by molar-refractivity contribution is 0.319. The van der Waals surface area contributed by atoms with Gasteiger partial charge in [-0.15, -0.1) is 0 Å². The fraction of sp³-hybridized carbons (Fsp3) is 0.208. The number of halogens is 1. The summed E-state index contributed by atoms with van der Waals surface area (Å²) < 4.78 is 10.1. The molecule has 2 aromatic heterocycles. The van der Waals surface area contributed by atoms with Gasteiger partial charge >= 0.3 is 0 Å². The maximum absolute atomic E-state index is 6.35. The largest absolute Gasteiger partial charge is 0.474 e. The highest BCUT2D eigenvalue weighted by Crippen LogP contribution is 2.37. The second-order valence-electron chi connectivity index (χ2n) is 7.78. The van der Waals surface area contributed by atoms with Crippen molar-refractivity contribution < 1.29 is 4.74 Å². The number of ether oxygens (including phenoxy) is 1. The summed E-state index contributed by atoms with van der Waals surface area (Å²) in [4.78, 5) is 9.58. The van der Waals surface area contributed by atoms with Crippen LogP contribution in [0.15, 0.2) is 66.0 Å². The molecule has 4 aromatic rings. The van der Waals surface area contributed by atoms with Crippen molar-refractivity contribution in [2.24, 2.45) is 4.99 Å². The van der Waals surface area contributed by atoms with Crippen molar-refractivity contribution in [3.63, 3.8) is 0 Å². The summed E-state index contributed by atoms with van der Waals surface area (Å²) in [6.45, 7) is 3.42. The number of aromatic nitrogens is 4. The molecule has 6 rings (SSSR count). The Labute approximate surface area is 184 Å². The van der Waals surface area contributed by atoms with Crippen LogP contribution < -0.4 is 0 Å². The average molecular weight is 430 g/mol. The summed E-state index contributed by atoms with van der Waals surface area (Å²) in [6.07, 6.45) is 4.64. The zero-order chi connectivity index (χ0) is 20.9. The first-order valence-electron chi connectivity index (χ1n) is 10.4. The predicted octanol–water partition coefficient (Wildman–Crippen LogP) is 4.83. The third kappa shape index (κ3) is 2.98. The van der Waals surface area contributed by atoms with Crippen LogP contribution in [0.1, 0.15) is 35.5 Å². The van der Waals surface area contributed by atoms with Gasteiger partial charge in [0, 0.05) is 35.3 Å². The number of aryl methyl sites for hydroxylation is 1. The van der Waals surface area contributed by atoms with Gasteiger partial charge in [0.2, 0.25) is 5.90 Å². The molecule has 0 N–H and O–H groups in total. The summed E-state index contributed by atoms with van der Waals surface area (Å²) in [6, 6.07) is 16.1. The van der Waals surface area contributed by atoms with Gasteiger partial charge in [-0.1, -0.05) is 41.9 Å². The maximum Gasteiger partial charge on any atom is 0.238 e. The van der Waals surface area contributed by atoms with Gasteiger partial charge in [0.25, 0.3) is 0 Å². The number of fused-ring (bicyclic) bond motifs is 5. The van der Waals surface area contributed by atoms with Gasteiger partial charge in [0.1, 0.15) is 24.7 Å². The first kappa shape index (κ1) is 18.4. The van der Waals surface area contributed by atoms with Gasteiger partial charge in [-0.25, -0.2) is 9.98 Å². The molecule has 154 valence electrons. The number of hydrogen-bond donors (Lipinski definition) is 0. The topological polar surface area (TPSA) is 57.2 Å². The average Bonchev–Trinajstić information content (AvgIpc) is 3.52. The Morgan fingerprint density at radius 3 is 2.84 bits per heavy atom.